The highest BCUT2D eigenvalue weighted by Crippen LogP contribution is 2.44. The predicted molar refractivity (Wildman–Crippen MR) is 49.0 cm³/mol. The van der Waals surface area contributed by atoms with Crippen LogP contribution in [-0.2, 0) is 4.79 Å². The van der Waals surface area contributed by atoms with Gasteiger partial charge in [0.1, 0.15) is 0 Å². The molecule has 11 heavy (non-hydrogen) atoms. The van der Waals surface area contributed by atoms with Crippen molar-refractivity contribution >= 4 is 29.3 Å². The van der Waals surface area contributed by atoms with Crippen LogP contribution in [-0.4, -0.2) is 22.3 Å². The first-order valence-corrected chi connectivity index (χ1v) is 5.21. The van der Waals surface area contributed by atoms with Crippen LogP contribution < -0.4 is 5.73 Å². The normalized spacial score (nSPS) is 19.7. The molecule has 1 saturated carbocycles. The summed E-state index contributed by atoms with van der Waals surface area (Å²) in [5.74, 6) is 1.54. The number of carbonyl (C=O) groups excluding carboxylic acids is 1. The second-order valence-corrected chi connectivity index (χ2v) is 4.83. The Labute approximate surface area is 75.9 Å². The molecule has 0 aromatic heterocycles. The second-order valence-electron chi connectivity index (χ2n) is 2.92. The molecule has 0 unspecified atom stereocenters. The molecule has 1 aliphatic carbocycles. The van der Waals surface area contributed by atoms with Gasteiger partial charge in [0, 0.05) is 17.9 Å². The molecule has 4 heteroatoms. The van der Waals surface area contributed by atoms with E-state index in [1.54, 1.807) is 11.8 Å². The van der Waals surface area contributed by atoms with Crippen LogP contribution in [0, 0.1) is 0 Å². The minimum absolute atomic E-state index is 0.0717. The molecule has 0 heterocycles. The molecule has 0 aliphatic heterocycles. The molecule has 0 bridgehead atoms. The summed E-state index contributed by atoms with van der Waals surface area (Å²) in [6.45, 7) is 0. The second kappa shape index (κ2) is 3.68. The third-order valence-electron chi connectivity index (χ3n) is 1.65. The van der Waals surface area contributed by atoms with Crippen LogP contribution in [0.5, 0.6) is 0 Å². The van der Waals surface area contributed by atoms with Gasteiger partial charge in [0.25, 0.3) is 0 Å². The Balaban J connectivity index is 1.92. The molecule has 0 radical (unpaired) electrons. The minimum Gasteiger partial charge on any atom is -0.370 e. The van der Waals surface area contributed by atoms with Crippen LogP contribution >= 0.6 is 23.4 Å². The van der Waals surface area contributed by atoms with Gasteiger partial charge in [0.15, 0.2) is 0 Å². The van der Waals surface area contributed by atoms with Gasteiger partial charge in [-0.3, -0.25) is 4.79 Å². The van der Waals surface area contributed by atoms with Crippen LogP contribution in [0.1, 0.15) is 19.3 Å². The van der Waals surface area contributed by atoms with Gasteiger partial charge in [-0.15, -0.1) is 11.6 Å². The van der Waals surface area contributed by atoms with E-state index in [-0.39, 0.29) is 10.8 Å². The lowest BCUT2D eigenvalue weighted by molar-refractivity contribution is -0.117. The number of hydrogen-bond donors (Lipinski definition) is 1. The number of primary amides is 1. The maximum absolute atomic E-state index is 10.3. The van der Waals surface area contributed by atoms with Gasteiger partial charge in [-0.1, -0.05) is 0 Å². The molecule has 1 aliphatic rings. The Morgan fingerprint density at radius 3 is 2.73 bits per heavy atom. The number of nitrogens with two attached hydrogens (primary N) is 1. The minimum atomic E-state index is -0.225. The Kier molecular flexibility index (Phi) is 3.07. The molecular formula is C7H12ClNOS. The standard InChI is InChI=1S/C7H12ClNOS/c8-7(2-3-7)5-11-4-1-6(9)10/h1-5H2,(H2,9,10). The smallest absolute Gasteiger partial charge is 0.218 e. The molecule has 0 aromatic rings. The molecule has 0 spiro atoms. The van der Waals surface area contributed by atoms with E-state index < -0.39 is 0 Å². The molecule has 2 nitrogen and oxygen atoms in total. The maximum Gasteiger partial charge on any atom is 0.218 e. The summed E-state index contributed by atoms with van der Waals surface area (Å²) in [6.07, 6.45) is 2.72. The Hall–Kier alpha value is 0.110. The SMILES string of the molecule is NC(=O)CCSCC1(Cl)CC1. The van der Waals surface area contributed by atoms with Crippen molar-refractivity contribution < 1.29 is 4.79 Å². The molecule has 1 fully saturated rings. The fourth-order valence-corrected chi connectivity index (χ4v) is 2.18. The number of rotatable bonds is 5. The number of amides is 1. The summed E-state index contributed by atoms with van der Waals surface area (Å²) in [5.41, 5.74) is 4.97. The van der Waals surface area contributed by atoms with Gasteiger partial charge in [-0.2, -0.15) is 11.8 Å². The zero-order valence-electron chi connectivity index (χ0n) is 6.31. The largest absolute Gasteiger partial charge is 0.370 e. The van der Waals surface area contributed by atoms with Crippen molar-refractivity contribution in [1.29, 1.82) is 0 Å². The lowest BCUT2D eigenvalue weighted by Gasteiger charge is -2.03. The first-order valence-electron chi connectivity index (χ1n) is 3.67. The zero-order chi connectivity index (χ0) is 8.32. The van der Waals surface area contributed by atoms with E-state index in [0.717, 1.165) is 24.3 Å². The van der Waals surface area contributed by atoms with E-state index >= 15 is 0 Å². The van der Waals surface area contributed by atoms with Crippen molar-refractivity contribution in [3.63, 3.8) is 0 Å². The van der Waals surface area contributed by atoms with Gasteiger partial charge in [0.05, 0.1) is 4.87 Å². The number of thioether (sulfide) groups is 1. The van der Waals surface area contributed by atoms with Gasteiger partial charge in [-0.05, 0) is 12.8 Å². The summed E-state index contributed by atoms with van der Waals surface area (Å²) in [4.78, 5) is 10.4. The lowest BCUT2D eigenvalue weighted by atomic mass is 10.5. The van der Waals surface area contributed by atoms with Crippen LogP contribution in [0.4, 0.5) is 0 Å². The number of alkyl halides is 1. The first-order chi connectivity index (χ1) is 5.12. The number of carbonyl (C=O) groups is 1. The average Bonchev–Trinajstić information content (AvgIpc) is 2.62. The predicted octanol–water partition coefficient (Wildman–Crippen LogP) is 1.37. The van der Waals surface area contributed by atoms with Gasteiger partial charge < -0.3 is 5.73 Å². The molecule has 2 N–H and O–H groups in total. The van der Waals surface area contributed by atoms with Crippen LogP contribution in [0.2, 0.25) is 0 Å². The highest BCUT2D eigenvalue weighted by Gasteiger charge is 2.39. The molecule has 0 aromatic carbocycles. The summed E-state index contributed by atoms with van der Waals surface area (Å²) >= 11 is 7.74. The van der Waals surface area contributed by atoms with Crippen molar-refractivity contribution in [2.45, 2.75) is 24.1 Å². The summed E-state index contributed by atoms with van der Waals surface area (Å²) in [7, 11) is 0. The van der Waals surface area contributed by atoms with Crippen molar-refractivity contribution in [2.24, 2.45) is 5.73 Å². The summed E-state index contributed by atoms with van der Waals surface area (Å²) < 4.78 is 0. The van der Waals surface area contributed by atoms with Crippen LogP contribution in [0.25, 0.3) is 0 Å². The van der Waals surface area contributed by atoms with Gasteiger partial charge in [0.2, 0.25) is 5.91 Å². The molecule has 0 saturated heterocycles. The monoisotopic (exact) mass is 193 g/mol. The number of halogens is 1. The molecule has 0 atom stereocenters. The van der Waals surface area contributed by atoms with E-state index in [1.807, 2.05) is 0 Å². The van der Waals surface area contributed by atoms with E-state index in [4.69, 9.17) is 17.3 Å². The van der Waals surface area contributed by atoms with E-state index in [1.165, 1.54) is 0 Å². The summed E-state index contributed by atoms with van der Waals surface area (Å²) in [5, 5.41) is 0. The quantitative estimate of drug-likeness (QED) is 0.530. The molecule has 64 valence electrons. The fraction of sp³-hybridized carbons (Fsp3) is 0.857. The topological polar surface area (TPSA) is 43.1 Å². The molecular weight excluding hydrogens is 182 g/mol. The van der Waals surface area contributed by atoms with Crippen molar-refractivity contribution in [3.05, 3.63) is 0 Å². The highest BCUT2D eigenvalue weighted by atomic mass is 35.5. The van der Waals surface area contributed by atoms with E-state index in [9.17, 15) is 4.79 Å². The third kappa shape index (κ3) is 3.87. The molecule has 1 rings (SSSR count). The van der Waals surface area contributed by atoms with Gasteiger partial charge in [-0.25, -0.2) is 0 Å². The number of hydrogen-bond acceptors (Lipinski definition) is 2. The lowest BCUT2D eigenvalue weighted by Crippen LogP contribution is -2.12. The van der Waals surface area contributed by atoms with Crippen LogP contribution in [0.3, 0.4) is 0 Å². The maximum atomic E-state index is 10.3. The Morgan fingerprint density at radius 1 is 1.64 bits per heavy atom. The fourth-order valence-electron chi connectivity index (χ4n) is 0.708. The van der Waals surface area contributed by atoms with Crippen LogP contribution in [0.15, 0.2) is 0 Å². The van der Waals surface area contributed by atoms with Gasteiger partial charge >= 0.3 is 0 Å². The van der Waals surface area contributed by atoms with E-state index in [2.05, 4.69) is 0 Å². The Bertz CT molecular complexity index is 159. The first kappa shape index (κ1) is 9.20. The summed E-state index contributed by atoms with van der Waals surface area (Å²) in [6, 6.07) is 0. The van der Waals surface area contributed by atoms with E-state index in [0.29, 0.717) is 6.42 Å². The van der Waals surface area contributed by atoms with Crippen molar-refractivity contribution in [1.82, 2.24) is 0 Å². The zero-order valence-corrected chi connectivity index (χ0v) is 7.88. The third-order valence-corrected chi connectivity index (χ3v) is 3.57. The Morgan fingerprint density at radius 2 is 2.27 bits per heavy atom. The molecule has 1 amide bonds. The average molecular weight is 194 g/mol. The van der Waals surface area contributed by atoms with Crippen molar-refractivity contribution in [3.8, 4) is 0 Å². The van der Waals surface area contributed by atoms with Crippen molar-refractivity contribution in [2.75, 3.05) is 11.5 Å². The highest BCUT2D eigenvalue weighted by molar-refractivity contribution is 7.99.